The number of aromatic nitrogens is 1. The lowest BCUT2D eigenvalue weighted by Gasteiger charge is -2.07. The summed E-state index contributed by atoms with van der Waals surface area (Å²) in [5.74, 6) is 1.37. The highest BCUT2D eigenvalue weighted by Crippen LogP contribution is 2.45. The van der Waals surface area contributed by atoms with Gasteiger partial charge in [0.25, 0.3) is 0 Å². The van der Waals surface area contributed by atoms with E-state index in [1.807, 2.05) is 12.3 Å². The summed E-state index contributed by atoms with van der Waals surface area (Å²) >= 11 is 0. The zero-order valence-electron chi connectivity index (χ0n) is 7.90. The third-order valence-corrected chi connectivity index (χ3v) is 2.86. The van der Waals surface area contributed by atoms with Gasteiger partial charge in [0.05, 0.1) is 0 Å². The Kier molecular flexibility index (Phi) is 1.51. The normalized spacial score (nSPS) is 16.0. The maximum absolute atomic E-state index is 5.92. The molecule has 0 aliphatic heterocycles. The van der Waals surface area contributed by atoms with Crippen LogP contribution in [0.25, 0.3) is 10.8 Å². The number of rotatable bonds is 1. The molecular formula is C12H12N2. The molecule has 1 heterocycles. The van der Waals surface area contributed by atoms with Gasteiger partial charge in [-0.1, -0.05) is 24.3 Å². The van der Waals surface area contributed by atoms with E-state index >= 15 is 0 Å². The molecule has 1 saturated carbocycles. The van der Waals surface area contributed by atoms with E-state index in [1.54, 1.807) is 0 Å². The predicted molar refractivity (Wildman–Crippen MR) is 58.1 cm³/mol. The molecule has 0 amide bonds. The first-order valence-electron chi connectivity index (χ1n) is 4.99. The molecule has 1 aromatic heterocycles. The fraction of sp³-hybridized carbons (Fsp3) is 0.250. The van der Waals surface area contributed by atoms with E-state index in [0.29, 0.717) is 11.7 Å². The second-order valence-electron chi connectivity index (χ2n) is 3.92. The lowest BCUT2D eigenvalue weighted by Crippen LogP contribution is -1.97. The van der Waals surface area contributed by atoms with Gasteiger partial charge in [0.2, 0.25) is 0 Å². The maximum atomic E-state index is 5.92. The molecule has 1 aliphatic rings. The van der Waals surface area contributed by atoms with Gasteiger partial charge in [-0.3, -0.25) is 0 Å². The zero-order valence-corrected chi connectivity index (χ0v) is 7.90. The standard InChI is InChI=1S/C12H12N2/c13-12-11(8-5-6-8)10-4-2-1-3-9(10)7-14-12/h1-4,7-8H,5-6H2,(H2,13,14). The largest absolute Gasteiger partial charge is 0.383 e. The fourth-order valence-electron chi connectivity index (χ4n) is 2.00. The van der Waals surface area contributed by atoms with Crippen LogP contribution in [0.3, 0.4) is 0 Å². The van der Waals surface area contributed by atoms with Crippen molar-refractivity contribution >= 4 is 16.6 Å². The summed E-state index contributed by atoms with van der Waals surface area (Å²) in [6, 6.07) is 8.33. The van der Waals surface area contributed by atoms with Crippen LogP contribution in [0.2, 0.25) is 0 Å². The first-order valence-corrected chi connectivity index (χ1v) is 4.99. The number of hydrogen-bond acceptors (Lipinski definition) is 2. The Bertz CT molecular complexity index is 487. The molecule has 1 aliphatic carbocycles. The SMILES string of the molecule is Nc1ncc2ccccc2c1C1CC1. The summed E-state index contributed by atoms with van der Waals surface area (Å²) in [6.07, 6.45) is 4.39. The molecule has 70 valence electrons. The van der Waals surface area contributed by atoms with Gasteiger partial charge in [-0.15, -0.1) is 0 Å². The lowest BCUT2D eigenvalue weighted by atomic mass is 10.0. The number of anilines is 1. The first-order chi connectivity index (χ1) is 6.86. The second kappa shape index (κ2) is 2.71. The van der Waals surface area contributed by atoms with Crippen molar-refractivity contribution in [2.24, 2.45) is 0 Å². The number of fused-ring (bicyclic) bond motifs is 1. The van der Waals surface area contributed by atoms with Gasteiger partial charge in [-0.2, -0.15) is 0 Å². The smallest absolute Gasteiger partial charge is 0.127 e. The van der Waals surface area contributed by atoms with E-state index < -0.39 is 0 Å². The molecule has 1 aromatic carbocycles. The Hall–Kier alpha value is -1.57. The molecule has 0 bridgehead atoms. The van der Waals surface area contributed by atoms with E-state index in [-0.39, 0.29) is 0 Å². The molecule has 2 heteroatoms. The molecular weight excluding hydrogens is 172 g/mol. The van der Waals surface area contributed by atoms with Crippen LogP contribution in [0.5, 0.6) is 0 Å². The molecule has 2 nitrogen and oxygen atoms in total. The number of nitrogens with two attached hydrogens (primary N) is 1. The van der Waals surface area contributed by atoms with Gasteiger partial charge in [0.1, 0.15) is 5.82 Å². The minimum absolute atomic E-state index is 0.661. The van der Waals surface area contributed by atoms with Crippen LogP contribution in [0, 0.1) is 0 Å². The Morgan fingerprint density at radius 1 is 1.21 bits per heavy atom. The minimum atomic E-state index is 0.661. The van der Waals surface area contributed by atoms with Crippen LogP contribution >= 0.6 is 0 Å². The van der Waals surface area contributed by atoms with E-state index in [9.17, 15) is 0 Å². The first kappa shape index (κ1) is 7.80. The summed E-state index contributed by atoms with van der Waals surface area (Å²) in [5.41, 5.74) is 7.18. The van der Waals surface area contributed by atoms with Crippen molar-refractivity contribution in [1.29, 1.82) is 0 Å². The summed E-state index contributed by atoms with van der Waals surface area (Å²) in [7, 11) is 0. The highest BCUT2D eigenvalue weighted by Gasteiger charge is 2.27. The van der Waals surface area contributed by atoms with Crippen LogP contribution < -0.4 is 5.73 Å². The van der Waals surface area contributed by atoms with Gasteiger partial charge >= 0.3 is 0 Å². The summed E-state index contributed by atoms with van der Waals surface area (Å²) in [5, 5.41) is 2.48. The van der Waals surface area contributed by atoms with E-state index in [0.717, 1.165) is 0 Å². The minimum Gasteiger partial charge on any atom is -0.383 e. The average molecular weight is 184 g/mol. The van der Waals surface area contributed by atoms with Gasteiger partial charge < -0.3 is 5.73 Å². The molecule has 0 atom stereocenters. The molecule has 0 unspecified atom stereocenters. The molecule has 3 rings (SSSR count). The van der Waals surface area contributed by atoms with Gasteiger partial charge in [0.15, 0.2) is 0 Å². The highest BCUT2D eigenvalue weighted by molar-refractivity contribution is 5.88. The van der Waals surface area contributed by atoms with Crippen molar-refractivity contribution < 1.29 is 0 Å². The quantitative estimate of drug-likeness (QED) is 0.740. The average Bonchev–Trinajstić information content (AvgIpc) is 3.01. The molecule has 1 fully saturated rings. The molecule has 14 heavy (non-hydrogen) atoms. The van der Waals surface area contributed by atoms with Crippen molar-refractivity contribution in [1.82, 2.24) is 4.98 Å². The number of benzene rings is 1. The van der Waals surface area contributed by atoms with Crippen molar-refractivity contribution in [3.63, 3.8) is 0 Å². The zero-order chi connectivity index (χ0) is 9.54. The molecule has 0 radical (unpaired) electrons. The van der Waals surface area contributed by atoms with Gasteiger partial charge in [-0.25, -0.2) is 4.98 Å². The topological polar surface area (TPSA) is 38.9 Å². The molecule has 0 saturated heterocycles. The van der Waals surface area contributed by atoms with Crippen LogP contribution in [-0.2, 0) is 0 Å². The molecule has 0 spiro atoms. The van der Waals surface area contributed by atoms with E-state index in [4.69, 9.17) is 5.73 Å². The Labute approximate surface area is 82.8 Å². The summed E-state index contributed by atoms with van der Waals surface area (Å²) < 4.78 is 0. The highest BCUT2D eigenvalue weighted by atomic mass is 14.8. The third kappa shape index (κ3) is 1.07. The van der Waals surface area contributed by atoms with Crippen LogP contribution in [-0.4, -0.2) is 4.98 Å². The van der Waals surface area contributed by atoms with Crippen LogP contribution in [0.1, 0.15) is 24.3 Å². The Morgan fingerprint density at radius 3 is 2.79 bits per heavy atom. The monoisotopic (exact) mass is 184 g/mol. The molecule has 2 aromatic rings. The van der Waals surface area contributed by atoms with Gasteiger partial charge in [-0.05, 0) is 24.1 Å². The maximum Gasteiger partial charge on any atom is 0.127 e. The Morgan fingerprint density at radius 2 is 2.00 bits per heavy atom. The van der Waals surface area contributed by atoms with Crippen molar-refractivity contribution in [3.05, 3.63) is 36.0 Å². The number of nitrogen functional groups attached to an aromatic ring is 1. The fourth-order valence-corrected chi connectivity index (χ4v) is 2.00. The van der Waals surface area contributed by atoms with E-state index in [1.165, 1.54) is 29.2 Å². The van der Waals surface area contributed by atoms with Crippen molar-refractivity contribution in [3.8, 4) is 0 Å². The number of nitrogens with zero attached hydrogens (tertiary/aromatic N) is 1. The lowest BCUT2D eigenvalue weighted by molar-refractivity contribution is 1.13. The molecule has 2 N–H and O–H groups in total. The van der Waals surface area contributed by atoms with Crippen molar-refractivity contribution in [2.45, 2.75) is 18.8 Å². The van der Waals surface area contributed by atoms with Crippen LogP contribution in [0.15, 0.2) is 30.5 Å². The Balaban J connectivity index is 2.37. The van der Waals surface area contributed by atoms with Gasteiger partial charge in [0, 0.05) is 17.1 Å². The number of pyridine rings is 1. The van der Waals surface area contributed by atoms with Crippen molar-refractivity contribution in [2.75, 3.05) is 5.73 Å². The summed E-state index contributed by atoms with van der Waals surface area (Å²) in [4.78, 5) is 4.25. The third-order valence-electron chi connectivity index (χ3n) is 2.86. The van der Waals surface area contributed by atoms with E-state index in [2.05, 4.69) is 23.2 Å². The predicted octanol–water partition coefficient (Wildman–Crippen LogP) is 2.69. The van der Waals surface area contributed by atoms with Crippen LogP contribution in [0.4, 0.5) is 5.82 Å². The summed E-state index contributed by atoms with van der Waals surface area (Å²) in [6.45, 7) is 0. The second-order valence-corrected chi connectivity index (χ2v) is 3.92. The number of hydrogen-bond donors (Lipinski definition) is 1.